The van der Waals surface area contributed by atoms with Gasteiger partial charge in [-0.05, 0) is 13.0 Å². The first kappa shape index (κ1) is 10.2. The van der Waals surface area contributed by atoms with Gasteiger partial charge in [0.1, 0.15) is 0 Å². The van der Waals surface area contributed by atoms with Gasteiger partial charge in [-0.2, -0.15) is 5.10 Å². The maximum atomic E-state index is 3.87. The fraction of sp³-hybridized carbons (Fsp3) is 0.667. The van der Waals surface area contributed by atoms with Crippen LogP contribution >= 0.6 is 0 Å². The molecule has 0 aromatic carbocycles. The molecule has 0 atom stereocenters. The SMILES string of the molecule is CCCNCCNCc1cn[nH]c1. The zero-order chi connectivity index (χ0) is 9.36. The van der Waals surface area contributed by atoms with E-state index in [4.69, 9.17) is 0 Å². The van der Waals surface area contributed by atoms with Crippen LogP contribution in [0, 0.1) is 0 Å². The first-order valence-electron chi connectivity index (χ1n) is 4.82. The summed E-state index contributed by atoms with van der Waals surface area (Å²) in [4.78, 5) is 0. The van der Waals surface area contributed by atoms with Crippen LogP contribution in [0.2, 0.25) is 0 Å². The summed E-state index contributed by atoms with van der Waals surface area (Å²) in [5.41, 5.74) is 1.20. The summed E-state index contributed by atoms with van der Waals surface area (Å²) in [6, 6.07) is 0. The monoisotopic (exact) mass is 182 g/mol. The molecule has 0 radical (unpaired) electrons. The largest absolute Gasteiger partial charge is 0.315 e. The molecular weight excluding hydrogens is 164 g/mol. The van der Waals surface area contributed by atoms with Gasteiger partial charge in [-0.25, -0.2) is 0 Å². The molecule has 74 valence electrons. The maximum Gasteiger partial charge on any atom is 0.0532 e. The normalized spacial score (nSPS) is 10.5. The third kappa shape index (κ3) is 4.65. The lowest BCUT2D eigenvalue weighted by atomic mass is 10.3. The Kier molecular flexibility index (Phi) is 5.20. The lowest BCUT2D eigenvalue weighted by molar-refractivity contribution is 0.607. The van der Waals surface area contributed by atoms with Crippen molar-refractivity contribution in [2.45, 2.75) is 19.9 Å². The minimum atomic E-state index is 0.893. The standard InChI is InChI=1S/C9H18N4/c1-2-3-10-4-5-11-6-9-7-12-13-8-9/h7-8,10-11H,2-6H2,1H3,(H,12,13). The Hall–Kier alpha value is -0.870. The van der Waals surface area contributed by atoms with Crippen molar-refractivity contribution in [3.05, 3.63) is 18.0 Å². The van der Waals surface area contributed by atoms with Gasteiger partial charge in [0.25, 0.3) is 0 Å². The van der Waals surface area contributed by atoms with Gasteiger partial charge in [-0.15, -0.1) is 0 Å². The average Bonchev–Trinajstić information content (AvgIpc) is 2.63. The highest BCUT2D eigenvalue weighted by molar-refractivity contribution is 5.01. The van der Waals surface area contributed by atoms with Crippen molar-refractivity contribution in [3.8, 4) is 0 Å². The second-order valence-electron chi connectivity index (χ2n) is 3.03. The first-order valence-corrected chi connectivity index (χ1v) is 4.82. The van der Waals surface area contributed by atoms with E-state index in [1.54, 1.807) is 0 Å². The number of nitrogens with one attached hydrogen (secondary N) is 3. The minimum absolute atomic E-state index is 0.893. The van der Waals surface area contributed by atoms with Crippen molar-refractivity contribution < 1.29 is 0 Å². The number of hydrogen-bond donors (Lipinski definition) is 3. The van der Waals surface area contributed by atoms with E-state index < -0.39 is 0 Å². The molecule has 0 amide bonds. The number of H-pyrrole nitrogens is 1. The van der Waals surface area contributed by atoms with Crippen LogP contribution in [0.3, 0.4) is 0 Å². The summed E-state index contributed by atoms with van der Waals surface area (Å²) in [7, 11) is 0. The molecule has 4 heteroatoms. The molecule has 0 aliphatic rings. The molecule has 4 nitrogen and oxygen atoms in total. The lowest BCUT2D eigenvalue weighted by Crippen LogP contribution is -2.27. The first-order chi connectivity index (χ1) is 6.43. The Balaban J connectivity index is 1.90. The fourth-order valence-corrected chi connectivity index (χ4v) is 1.09. The topological polar surface area (TPSA) is 52.7 Å². The molecule has 1 aromatic heterocycles. The van der Waals surface area contributed by atoms with Gasteiger partial charge >= 0.3 is 0 Å². The number of aromatic nitrogens is 2. The van der Waals surface area contributed by atoms with E-state index in [9.17, 15) is 0 Å². The van der Waals surface area contributed by atoms with Crippen molar-refractivity contribution >= 4 is 0 Å². The molecule has 0 fully saturated rings. The molecular formula is C9H18N4. The highest BCUT2D eigenvalue weighted by Gasteiger charge is 1.91. The van der Waals surface area contributed by atoms with Crippen LogP contribution in [0.1, 0.15) is 18.9 Å². The summed E-state index contributed by atoms with van der Waals surface area (Å²) in [5.74, 6) is 0. The van der Waals surface area contributed by atoms with E-state index in [0.717, 1.165) is 26.2 Å². The van der Waals surface area contributed by atoms with Crippen LogP contribution in [0.5, 0.6) is 0 Å². The predicted octanol–water partition coefficient (Wildman–Crippen LogP) is 0.499. The Morgan fingerprint density at radius 1 is 1.31 bits per heavy atom. The Labute approximate surface area is 79.1 Å². The molecule has 0 unspecified atom stereocenters. The van der Waals surface area contributed by atoms with Gasteiger partial charge in [-0.1, -0.05) is 6.92 Å². The van der Waals surface area contributed by atoms with Crippen LogP contribution in [0.25, 0.3) is 0 Å². The third-order valence-corrected chi connectivity index (χ3v) is 1.79. The van der Waals surface area contributed by atoms with Crippen molar-refractivity contribution in [1.29, 1.82) is 0 Å². The smallest absolute Gasteiger partial charge is 0.0532 e. The van der Waals surface area contributed by atoms with Crippen molar-refractivity contribution in [1.82, 2.24) is 20.8 Å². The molecule has 1 heterocycles. The Morgan fingerprint density at radius 3 is 2.85 bits per heavy atom. The molecule has 1 rings (SSSR count). The van der Waals surface area contributed by atoms with Gasteiger partial charge in [0.15, 0.2) is 0 Å². The number of aromatic amines is 1. The second kappa shape index (κ2) is 6.62. The molecule has 3 N–H and O–H groups in total. The maximum absolute atomic E-state index is 3.87. The molecule has 0 saturated carbocycles. The lowest BCUT2D eigenvalue weighted by Gasteiger charge is -2.03. The van der Waals surface area contributed by atoms with Crippen molar-refractivity contribution in [3.63, 3.8) is 0 Å². The number of hydrogen-bond acceptors (Lipinski definition) is 3. The Morgan fingerprint density at radius 2 is 2.15 bits per heavy atom. The number of rotatable bonds is 7. The zero-order valence-corrected chi connectivity index (χ0v) is 8.14. The summed E-state index contributed by atoms with van der Waals surface area (Å²) in [6.07, 6.45) is 4.95. The van der Waals surface area contributed by atoms with Crippen LogP contribution in [-0.4, -0.2) is 29.8 Å². The van der Waals surface area contributed by atoms with Gasteiger partial charge in [0.05, 0.1) is 6.20 Å². The van der Waals surface area contributed by atoms with Gasteiger partial charge in [0.2, 0.25) is 0 Å². The van der Waals surface area contributed by atoms with E-state index in [1.165, 1.54) is 12.0 Å². The van der Waals surface area contributed by atoms with E-state index in [1.807, 2.05) is 12.4 Å². The summed E-state index contributed by atoms with van der Waals surface area (Å²) in [5, 5.41) is 13.3. The van der Waals surface area contributed by atoms with Gasteiger partial charge < -0.3 is 10.6 Å². The van der Waals surface area contributed by atoms with E-state index in [0.29, 0.717) is 0 Å². The van der Waals surface area contributed by atoms with Gasteiger partial charge in [-0.3, -0.25) is 5.10 Å². The molecule has 0 bridgehead atoms. The fourth-order valence-electron chi connectivity index (χ4n) is 1.09. The van der Waals surface area contributed by atoms with Crippen LogP contribution < -0.4 is 10.6 Å². The third-order valence-electron chi connectivity index (χ3n) is 1.79. The van der Waals surface area contributed by atoms with Crippen LogP contribution in [0.15, 0.2) is 12.4 Å². The Bertz CT molecular complexity index is 195. The quantitative estimate of drug-likeness (QED) is 0.538. The van der Waals surface area contributed by atoms with Crippen LogP contribution in [-0.2, 0) is 6.54 Å². The number of nitrogens with zero attached hydrogens (tertiary/aromatic N) is 1. The van der Waals surface area contributed by atoms with E-state index in [2.05, 4.69) is 27.8 Å². The van der Waals surface area contributed by atoms with E-state index >= 15 is 0 Å². The van der Waals surface area contributed by atoms with Crippen LogP contribution in [0.4, 0.5) is 0 Å². The van der Waals surface area contributed by atoms with E-state index in [-0.39, 0.29) is 0 Å². The minimum Gasteiger partial charge on any atom is -0.315 e. The highest BCUT2D eigenvalue weighted by atomic mass is 15.1. The average molecular weight is 182 g/mol. The van der Waals surface area contributed by atoms with Crippen molar-refractivity contribution in [2.24, 2.45) is 0 Å². The summed E-state index contributed by atoms with van der Waals surface area (Å²) in [6.45, 7) is 6.21. The summed E-state index contributed by atoms with van der Waals surface area (Å²) >= 11 is 0. The molecule has 0 aliphatic heterocycles. The second-order valence-corrected chi connectivity index (χ2v) is 3.03. The molecule has 1 aromatic rings. The summed E-state index contributed by atoms with van der Waals surface area (Å²) < 4.78 is 0. The molecule has 0 aliphatic carbocycles. The molecule has 13 heavy (non-hydrogen) atoms. The molecule has 0 saturated heterocycles. The molecule has 0 spiro atoms. The van der Waals surface area contributed by atoms with Gasteiger partial charge in [0, 0.05) is 31.4 Å². The zero-order valence-electron chi connectivity index (χ0n) is 8.14. The predicted molar refractivity (Wildman–Crippen MR) is 53.5 cm³/mol. The highest BCUT2D eigenvalue weighted by Crippen LogP contribution is 1.90. The van der Waals surface area contributed by atoms with Crippen molar-refractivity contribution in [2.75, 3.05) is 19.6 Å².